The molecule has 164 valence electrons. The Bertz CT molecular complexity index is 874. The predicted molar refractivity (Wildman–Crippen MR) is 122 cm³/mol. The van der Waals surface area contributed by atoms with Gasteiger partial charge in [-0.05, 0) is 25.0 Å². The van der Waals surface area contributed by atoms with Crippen molar-refractivity contribution in [3.63, 3.8) is 0 Å². The number of aryl methyl sites for hydroxylation is 1. The van der Waals surface area contributed by atoms with Gasteiger partial charge in [0.15, 0.2) is 0 Å². The number of rotatable bonds is 7. The molecule has 0 fully saturated rings. The monoisotopic (exact) mass is 412 g/mol. The zero-order chi connectivity index (χ0) is 22.6. The Morgan fingerprint density at radius 1 is 1.10 bits per heavy atom. The summed E-state index contributed by atoms with van der Waals surface area (Å²) in [7, 11) is 0. The molecule has 0 saturated carbocycles. The number of benzene rings is 1. The Morgan fingerprint density at radius 2 is 1.70 bits per heavy atom. The van der Waals surface area contributed by atoms with Crippen molar-refractivity contribution in [2.75, 3.05) is 18.4 Å². The van der Waals surface area contributed by atoms with Crippen LogP contribution in [0.4, 0.5) is 5.82 Å². The molecule has 1 N–H and O–H groups in total. The van der Waals surface area contributed by atoms with E-state index in [0.29, 0.717) is 12.4 Å². The van der Waals surface area contributed by atoms with Crippen molar-refractivity contribution >= 4 is 17.6 Å². The van der Waals surface area contributed by atoms with E-state index in [1.165, 1.54) is 0 Å². The minimum atomic E-state index is -0.224. The van der Waals surface area contributed by atoms with Gasteiger partial charge in [0.05, 0.1) is 17.9 Å². The molecule has 2 rings (SSSR count). The van der Waals surface area contributed by atoms with Gasteiger partial charge in [-0.3, -0.25) is 9.59 Å². The predicted octanol–water partition coefficient (Wildman–Crippen LogP) is 4.56. The maximum atomic E-state index is 12.9. The fourth-order valence-electron chi connectivity index (χ4n) is 3.11. The number of carbonyl (C=O) groups is 2. The highest BCUT2D eigenvalue weighted by Gasteiger charge is 2.24. The number of hydrogen-bond donors (Lipinski definition) is 1. The summed E-state index contributed by atoms with van der Waals surface area (Å²) in [5.41, 5.74) is 2.76. The first-order valence-electron chi connectivity index (χ1n) is 10.6. The number of nitrogens with zero attached hydrogens (tertiary/aromatic N) is 3. The average molecular weight is 413 g/mol. The fraction of sp³-hybridized carbons (Fsp3) is 0.542. The van der Waals surface area contributed by atoms with Gasteiger partial charge in [-0.1, -0.05) is 66.2 Å². The number of carbonyl (C=O) groups excluding carboxylic acids is 2. The number of anilines is 1. The van der Waals surface area contributed by atoms with Crippen LogP contribution in [0.1, 0.15) is 59.7 Å². The van der Waals surface area contributed by atoms with Crippen molar-refractivity contribution < 1.29 is 9.59 Å². The smallest absolute Gasteiger partial charge is 0.245 e. The normalized spacial score (nSPS) is 11.8. The first kappa shape index (κ1) is 23.6. The van der Waals surface area contributed by atoms with Gasteiger partial charge < -0.3 is 10.2 Å². The molecular weight excluding hydrogens is 376 g/mol. The lowest BCUT2D eigenvalue weighted by atomic mass is 9.92. The van der Waals surface area contributed by atoms with E-state index in [1.807, 2.05) is 65.0 Å². The number of hydrogen-bond acceptors (Lipinski definition) is 3. The summed E-state index contributed by atoms with van der Waals surface area (Å²) in [5, 5.41) is 7.73. The van der Waals surface area contributed by atoms with Crippen LogP contribution in [0.15, 0.2) is 30.3 Å². The Balaban J connectivity index is 2.31. The van der Waals surface area contributed by atoms with Crippen LogP contribution in [0.25, 0.3) is 5.69 Å². The Kier molecular flexibility index (Phi) is 7.45. The van der Waals surface area contributed by atoms with E-state index in [0.717, 1.165) is 16.9 Å². The SMILES string of the molecule is Cc1ccc(-n2nc(C(C)(C)C)cc2NC(=O)CN(CC(C)C)C(=O)C(C)C)cc1. The molecule has 1 heterocycles. The van der Waals surface area contributed by atoms with Gasteiger partial charge in [-0.2, -0.15) is 5.10 Å². The lowest BCUT2D eigenvalue weighted by molar-refractivity contribution is -0.138. The van der Waals surface area contributed by atoms with E-state index in [2.05, 4.69) is 26.1 Å². The molecule has 6 nitrogen and oxygen atoms in total. The quantitative estimate of drug-likeness (QED) is 0.725. The second-order valence-electron chi connectivity index (χ2n) is 9.73. The van der Waals surface area contributed by atoms with Gasteiger partial charge in [-0.25, -0.2) is 4.68 Å². The molecule has 0 aliphatic heterocycles. The van der Waals surface area contributed by atoms with Crippen molar-refractivity contribution in [1.82, 2.24) is 14.7 Å². The molecule has 0 atom stereocenters. The number of aromatic nitrogens is 2. The lowest BCUT2D eigenvalue weighted by Gasteiger charge is -2.25. The summed E-state index contributed by atoms with van der Waals surface area (Å²) in [4.78, 5) is 27.1. The summed E-state index contributed by atoms with van der Waals surface area (Å²) >= 11 is 0. The van der Waals surface area contributed by atoms with E-state index < -0.39 is 0 Å². The molecule has 0 aliphatic carbocycles. The highest BCUT2D eigenvalue weighted by molar-refractivity contribution is 5.94. The van der Waals surface area contributed by atoms with Crippen molar-refractivity contribution in [2.24, 2.45) is 11.8 Å². The van der Waals surface area contributed by atoms with Gasteiger partial charge in [0.25, 0.3) is 0 Å². The van der Waals surface area contributed by atoms with Gasteiger partial charge in [0.1, 0.15) is 5.82 Å². The second kappa shape index (κ2) is 9.45. The molecule has 0 saturated heterocycles. The molecule has 1 aromatic heterocycles. The topological polar surface area (TPSA) is 67.2 Å². The Hall–Kier alpha value is -2.63. The standard InChI is InChI=1S/C24H36N4O2/c1-16(2)14-27(23(30)17(3)4)15-22(29)25-21-13-20(24(6,7)8)26-28(21)19-11-9-18(5)10-12-19/h9-13,16-17H,14-15H2,1-8H3,(H,25,29). The summed E-state index contributed by atoms with van der Waals surface area (Å²) in [5.74, 6) is 0.503. The third-order valence-corrected chi connectivity index (χ3v) is 4.75. The summed E-state index contributed by atoms with van der Waals surface area (Å²) in [6, 6.07) is 9.92. The van der Waals surface area contributed by atoms with Gasteiger partial charge in [0, 0.05) is 23.9 Å². The molecule has 6 heteroatoms. The third-order valence-electron chi connectivity index (χ3n) is 4.75. The van der Waals surface area contributed by atoms with E-state index in [4.69, 9.17) is 5.10 Å². The number of nitrogens with one attached hydrogen (secondary N) is 1. The molecule has 0 spiro atoms. The minimum absolute atomic E-state index is 0.0127. The van der Waals surface area contributed by atoms with Crippen LogP contribution in [-0.2, 0) is 15.0 Å². The zero-order valence-corrected chi connectivity index (χ0v) is 19.6. The molecule has 1 aromatic carbocycles. The van der Waals surface area contributed by atoms with Crippen LogP contribution >= 0.6 is 0 Å². The van der Waals surface area contributed by atoms with E-state index in [-0.39, 0.29) is 35.6 Å². The largest absolute Gasteiger partial charge is 0.333 e. The third kappa shape index (κ3) is 6.18. The summed E-state index contributed by atoms with van der Waals surface area (Å²) in [6.45, 7) is 16.7. The van der Waals surface area contributed by atoms with E-state index in [1.54, 1.807) is 9.58 Å². The van der Waals surface area contributed by atoms with Crippen molar-refractivity contribution in [2.45, 2.75) is 60.8 Å². The van der Waals surface area contributed by atoms with Crippen LogP contribution in [0.2, 0.25) is 0 Å². The lowest BCUT2D eigenvalue weighted by Crippen LogP contribution is -2.42. The van der Waals surface area contributed by atoms with Gasteiger partial charge in [0.2, 0.25) is 11.8 Å². The number of amides is 2. The highest BCUT2D eigenvalue weighted by Crippen LogP contribution is 2.26. The average Bonchev–Trinajstić information content (AvgIpc) is 3.04. The molecule has 0 radical (unpaired) electrons. The highest BCUT2D eigenvalue weighted by atomic mass is 16.2. The first-order chi connectivity index (χ1) is 13.9. The van der Waals surface area contributed by atoms with Crippen LogP contribution in [-0.4, -0.2) is 39.6 Å². The minimum Gasteiger partial charge on any atom is -0.333 e. The Labute approximate surface area is 180 Å². The van der Waals surface area contributed by atoms with Crippen molar-refractivity contribution in [1.29, 1.82) is 0 Å². The molecule has 0 aliphatic rings. The molecule has 0 unspecified atom stereocenters. The van der Waals surface area contributed by atoms with Crippen LogP contribution in [0.3, 0.4) is 0 Å². The molecular formula is C24H36N4O2. The molecule has 30 heavy (non-hydrogen) atoms. The first-order valence-corrected chi connectivity index (χ1v) is 10.6. The zero-order valence-electron chi connectivity index (χ0n) is 19.6. The second-order valence-corrected chi connectivity index (χ2v) is 9.73. The fourth-order valence-corrected chi connectivity index (χ4v) is 3.11. The van der Waals surface area contributed by atoms with Crippen molar-refractivity contribution in [3.8, 4) is 5.69 Å². The van der Waals surface area contributed by atoms with E-state index in [9.17, 15) is 9.59 Å². The Morgan fingerprint density at radius 3 is 2.20 bits per heavy atom. The van der Waals surface area contributed by atoms with Crippen LogP contribution < -0.4 is 5.32 Å². The van der Waals surface area contributed by atoms with E-state index >= 15 is 0 Å². The van der Waals surface area contributed by atoms with Crippen molar-refractivity contribution in [3.05, 3.63) is 41.6 Å². The molecule has 2 aromatic rings. The maximum Gasteiger partial charge on any atom is 0.245 e. The molecule has 0 bridgehead atoms. The summed E-state index contributed by atoms with van der Waals surface area (Å²) in [6.07, 6.45) is 0. The van der Waals surface area contributed by atoms with Crippen LogP contribution in [0.5, 0.6) is 0 Å². The maximum absolute atomic E-state index is 12.9. The van der Waals surface area contributed by atoms with Gasteiger partial charge in [-0.15, -0.1) is 0 Å². The summed E-state index contributed by atoms with van der Waals surface area (Å²) < 4.78 is 1.76. The van der Waals surface area contributed by atoms with Gasteiger partial charge >= 0.3 is 0 Å². The molecule has 2 amide bonds. The van der Waals surface area contributed by atoms with Crippen LogP contribution in [0, 0.1) is 18.8 Å².